The van der Waals surface area contributed by atoms with Gasteiger partial charge < -0.3 is 14.8 Å². The predicted octanol–water partition coefficient (Wildman–Crippen LogP) is 2.98. The van der Waals surface area contributed by atoms with E-state index in [1.54, 1.807) is 0 Å². The molecule has 0 saturated carbocycles. The maximum absolute atomic E-state index is 13.2. The molecule has 20 heavy (non-hydrogen) atoms. The van der Waals surface area contributed by atoms with Gasteiger partial charge in [0.15, 0.2) is 11.5 Å². The Kier molecular flexibility index (Phi) is 3.50. The molecule has 6 heteroatoms. The Hall–Kier alpha value is -1.43. The van der Waals surface area contributed by atoms with Crippen molar-refractivity contribution in [3.05, 3.63) is 23.3 Å². The molecule has 0 bridgehead atoms. The number of alkyl halides is 3. The Morgan fingerprint density at radius 1 is 1.10 bits per heavy atom. The van der Waals surface area contributed by atoms with Crippen LogP contribution in [0.15, 0.2) is 12.1 Å². The quantitative estimate of drug-likeness (QED) is 0.907. The summed E-state index contributed by atoms with van der Waals surface area (Å²) in [7, 11) is 0. The van der Waals surface area contributed by atoms with E-state index in [0.29, 0.717) is 17.7 Å². The summed E-state index contributed by atoms with van der Waals surface area (Å²) in [4.78, 5) is 0. The Labute approximate surface area is 115 Å². The van der Waals surface area contributed by atoms with Crippen molar-refractivity contribution < 1.29 is 22.6 Å². The number of nitrogens with one attached hydrogen (secondary N) is 1. The molecule has 2 heterocycles. The third-order valence-electron chi connectivity index (χ3n) is 3.87. The van der Waals surface area contributed by atoms with Crippen LogP contribution in [-0.4, -0.2) is 19.9 Å². The average molecular weight is 287 g/mol. The molecule has 110 valence electrons. The lowest BCUT2D eigenvalue weighted by Crippen LogP contribution is -2.29. The van der Waals surface area contributed by atoms with Crippen LogP contribution in [0.4, 0.5) is 13.2 Å². The third kappa shape index (κ3) is 2.70. The van der Waals surface area contributed by atoms with Crippen LogP contribution in [0.1, 0.15) is 24.0 Å². The molecule has 1 fully saturated rings. The van der Waals surface area contributed by atoms with Crippen LogP contribution in [-0.2, 0) is 12.6 Å². The molecule has 1 aromatic carbocycles. The number of fused-ring (bicyclic) bond motifs is 1. The van der Waals surface area contributed by atoms with E-state index in [9.17, 15) is 13.2 Å². The minimum absolute atomic E-state index is 0.0105. The Morgan fingerprint density at radius 2 is 1.75 bits per heavy atom. The summed E-state index contributed by atoms with van der Waals surface area (Å²) in [6, 6.07) is 2.56. The van der Waals surface area contributed by atoms with E-state index in [0.717, 1.165) is 32.0 Å². The van der Waals surface area contributed by atoms with Crippen LogP contribution in [0.3, 0.4) is 0 Å². The molecule has 0 atom stereocenters. The van der Waals surface area contributed by atoms with E-state index in [-0.39, 0.29) is 18.5 Å². The minimum Gasteiger partial charge on any atom is -0.454 e. The average Bonchev–Trinajstić information content (AvgIpc) is 2.85. The molecule has 0 amide bonds. The molecule has 0 unspecified atom stereocenters. The van der Waals surface area contributed by atoms with E-state index < -0.39 is 11.7 Å². The molecule has 3 rings (SSSR count). The summed E-state index contributed by atoms with van der Waals surface area (Å²) in [6.45, 7) is 1.73. The first-order valence-electron chi connectivity index (χ1n) is 6.74. The third-order valence-corrected chi connectivity index (χ3v) is 3.87. The fourth-order valence-electron chi connectivity index (χ4n) is 2.81. The standard InChI is InChI=1S/C14H16F3NO2/c15-14(16,17)11-7-13-12(19-8-20-13)6-10(11)5-9-1-3-18-4-2-9/h6-7,9,18H,1-5,8H2. The number of halogens is 3. The number of piperidine rings is 1. The maximum atomic E-state index is 13.2. The Balaban J connectivity index is 1.91. The van der Waals surface area contributed by atoms with Crippen LogP contribution < -0.4 is 14.8 Å². The van der Waals surface area contributed by atoms with Gasteiger partial charge in [0.25, 0.3) is 0 Å². The lowest BCUT2D eigenvalue weighted by atomic mass is 9.88. The van der Waals surface area contributed by atoms with Crippen molar-refractivity contribution in [1.29, 1.82) is 0 Å². The number of hydrogen-bond acceptors (Lipinski definition) is 3. The topological polar surface area (TPSA) is 30.5 Å². The molecular formula is C14H16F3NO2. The zero-order chi connectivity index (χ0) is 14.2. The number of rotatable bonds is 2. The van der Waals surface area contributed by atoms with E-state index in [2.05, 4.69) is 5.32 Å². The Morgan fingerprint density at radius 3 is 2.40 bits per heavy atom. The predicted molar refractivity (Wildman–Crippen MR) is 66.9 cm³/mol. The van der Waals surface area contributed by atoms with E-state index in [4.69, 9.17) is 9.47 Å². The fourth-order valence-corrected chi connectivity index (χ4v) is 2.81. The SMILES string of the molecule is FC(F)(F)c1cc2c(cc1CC1CCNCC1)OCO2. The molecular weight excluding hydrogens is 271 g/mol. The van der Waals surface area contributed by atoms with Crippen molar-refractivity contribution in [3.63, 3.8) is 0 Å². The lowest BCUT2D eigenvalue weighted by Gasteiger charge is -2.24. The van der Waals surface area contributed by atoms with Gasteiger partial charge >= 0.3 is 6.18 Å². The van der Waals surface area contributed by atoms with Crippen molar-refractivity contribution >= 4 is 0 Å². The van der Waals surface area contributed by atoms with Crippen molar-refractivity contribution in [2.75, 3.05) is 19.9 Å². The second-order valence-electron chi connectivity index (χ2n) is 5.26. The first-order chi connectivity index (χ1) is 9.54. The first kappa shape index (κ1) is 13.5. The van der Waals surface area contributed by atoms with Gasteiger partial charge in [0.05, 0.1) is 5.56 Å². The Bertz CT molecular complexity index is 496. The van der Waals surface area contributed by atoms with E-state index in [1.165, 1.54) is 6.07 Å². The van der Waals surface area contributed by atoms with Crippen molar-refractivity contribution in [3.8, 4) is 11.5 Å². The summed E-state index contributed by atoms with van der Waals surface area (Å²) in [6.07, 6.45) is -2.10. The largest absolute Gasteiger partial charge is 0.454 e. The van der Waals surface area contributed by atoms with Gasteiger partial charge in [-0.25, -0.2) is 0 Å². The van der Waals surface area contributed by atoms with Gasteiger partial charge in [-0.2, -0.15) is 13.2 Å². The molecule has 2 aliphatic heterocycles. The molecule has 2 aliphatic rings. The smallest absolute Gasteiger partial charge is 0.416 e. The van der Waals surface area contributed by atoms with Gasteiger partial charge in [0, 0.05) is 0 Å². The highest BCUT2D eigenvalue weighted by atomic mass is 19.4. The second-order valence-corrected chi connectivity index (χ2v) is 5.26. The highest BCUT2D eigenvalue weighted by Crippen LogP contribution is 2.42. The summed E-state index contributed by atoms with van der Waals surface area (Å²) >= 11 is 0. The fraction of sp³-hybridized carbons (Fsp3) is 0.571. The van der Waals surface area contributed by atoms with Crippen molar-refractivity contribution in [1.82, 2.24) is 5.32 Å². The molecule has 3 nitrogen and oxygen atoms in total. The summed E-state index contributed by atoms with van der Waals surface area (Å²) in [5, 5.41) is 3.22. The summed E-state index contributed by atoms with van der Waals surface area (Å²) < 4.78 is 49.7. The molecule has 0 spiro atoms. The summed E-state index contributed by atoms with van der Waals surface area (Å²) in [5.74, 6) is 0.894. The molecule has 1 N–H and O–H groups in total. The van der Waals surface area contributed by atoms with Gasteiger partial charge in [-0.05, 0) is 56.0 Å². The van der Waals surface area contributed by atoms with Crippen molar-refractivity contribution in [2.24, 2.45) is 5.92 Å². The number of benzene rings is 1. The van der Waals surface area contributed by atoms with Crippen LogP contribution in [0.2, 0.25) is 0 Å². The molecule has 0 aliphatic carbocycles. The second kappa shape index (κ2) is 5.16. The first-order valence-corrected chi connectivity index (χ1v) is 6.74. The van der Waals surface area contributed by atoms with Gasteiger partial charge in [-0.1, -0.05) is 0 Å². The monoisotopic (exact) mass is 287 g/mol. The van der Waals surface area contributed by atoms with Gasteiger partial charge in [-0.15, -0.1) is 0 Å². The number of ether oxygens (including phenoxy) is 2. The van der Waals surface area contributed by atoms with Crippen LogP contribution in [0.25, 0.3) is 0 Å². The summed E-state index contributed by atoms with van der Waals surface area (Å²) in [5.41, 5.74) is -0.283. The lowest BCUT2D eigenvalue weighted by molar-refractivity contribution is -0.138. The van der Waals surface area contributed by atoms with E-state index >= 15 is 0 Å². The van der Waals surface area contributed by atoms with Gasteiger partial charge in [0.2, 0.25) is 6.79 Å². The highest BCUT2D eigenvalue weighted by Gasteiger charge is 2.36. The molecule has 0 radical (unpaired) electrons. The van der Waals surface area contributed by atoms with Crippen LogP contribution in [0.5, 0.6) is 11.5 Å². The minimum atomic E-state index is -4.36. The molecule has 1 aromatic rings. The zero-order valence-corrected chi connectivity index (χ0v) is 10.9. The van der Waals surface area contributed by atoms with Crippen molar-refractivity contribution in [2.45, 2.75) is 25.4 Å². The van der Waals surface area contributed by atoms with E-state index in [1.807, 2.05) is 0 Å². The molecule has 0 aromatic heterocycles. The van der Waals surface area contributed by atoms with Crippen LogP contribution in [0, 0.1) is 5.92 Å². The molecule has 1 saturated heterocycles. The maximum Gasteiger partial charge on any atom is 0.416 e. The number of hydrogen-bond donors (Lipinski definition) is 1. The normalized spacial score (nSPS) is 19.4. The van der Waals surface area contributed by atoms with Crippen LogP contribution >= 0.6 is 0 Å². The zero-order valence-electron chi connectivity index (χ0n) is 10.9. The highest BCUT2D eigenvalue weighted by molar-refractivity contribution is 5.49. The van der Waals surface area contributed by atoms with Gasteiger partial charge in [0.1, 0.15) is 0 Å². The van der Waals surface area contributed by atoms with Gasteiger partial charge in [-0.3, -0.25) is 0 Å².